The lowest BCUT2D eigenvalue weighted by Gasteiger charge is -2.07. The number of halogens is 4. The summed E-state index contributed by atoms with van der Waals surface area (Å²) in [5.41, 5.74) is 0.172. The first-order valence-corrected chi connectivity index (χ1v) is 6.36. The molecular formula is C13H7BrClF2NO. The summed E-state index contributed by atoms with van der Waals surface area (Å²) in [6.07, 6.45) is 0. The van der Waals surface area contributed by atoms with Crippen LogP contribution in [0, 0.1) is 11.6 Å². The molecule has 0 aliphatic heterocycles. The summed E-state index contributed by atoms with van der Waals surface area (Å²) in [5.74, 6) is -1.89. The number of carbonyl (C=O) groups excluding carboxylic acids is 1. The fourth-order valence-corrected chi connectivity index (χ4v) is 2.00. The SMILES string of the molecule is O=C(Nc1ccc(F)c(Cl)c1)c1cccc(Br)c1F. The summed E-state index contributed by atoms with van der Waals surface area (Å²) >= 11 is 8.59. The molecule has 2 rings (SSSR count). The Labute approximate surface area is 121 Å². The van der Waals surface area contributed by atoms with Crippen molar-refractivity contribution in [3.05, 3.63) is 63.1 Å². The van der Waals surface area contributed by atoms with Crippen LogP contribution in [0.15, 0.2) is 40.9 Å². The molecule has 0 saturated heterocycles. The summed E-state index contributed by atoms with van der Waals surface area (Å²) in [5, 5.41) is 2.33. The van der Waals surface area contributed by atoms with Crippen LogP contribution >= 0.6 is 27.5 Å². The molecule has 1 amide bonds. The van der Waals surface area contributed by atoms with Crippen LogP contribution in [0.25, 0.3) is 0 Å². The van der Waals surface area contributed by atoms with Crippen LogP contribution in [0.2, 0.25) is 5.02 Å². The summed E-state index contributed by atoms with van der Waals surface area (Å²) in [6, 6.07) is 8.09. The highest BCUT2D eigenvalue weighted by Crippen LogP contribution is 2.22. The van der Waals surface area contributed by atoms with E-state index in [0.29, 0.717) is 0 Å². The largest absolute Gasteiger partial charge is 0.322 e. The van der Waals surface area contributed by atoms with Gasteiger partial charge in [0.05, 0.1) is 15.1 Å². The topological polar surface area (TPSA) is 29.1 Å². The molecule has 0 aromatic heterocycles. The summed E-state index contributed by atoms with van der Waals surface area (Å²) in [6.45, 7) is 0. The van der Waals surface area contributed by atoms with Gasteiger partial charge in [0.1, 0.15) is 11.6 Å². The Bertz CT molecular complexity index is 649. The first-order valence-electron chi connectivity index (χ1n) is 5.19. The maximum absolute atomic E-state index is 13.7. The number of anilines is 1. The maximum Gasteiger partial charge on any atom is 0.258 e. The third kappa shape index (κ3) is 3.11. The molecule has 0 bridgehead atoms. The van der Waals surface area contributed by atoms with Crippen molar-refractivity contribution in [1.29, 1.82) is 0 Å². The van der Waals surface area contributed by atoms with Gasteiger partial charge >= 0.3 is 0 Å². The van der Waals surface area contributed by atoms with Crippen molar-refractivity contribution >= 4 is 39.1 Å². The van der Waals surface area contributed by atoms with Gasteiger partial charge in [0, 0.05) is 5.69 Å². The van der Waals surface area contributed by atoms with E-state index >= 15 is 0 Å². The lowest BCUT2D eigenvalue weighted by atomic mass is 10.2. The normalized spacial score (nSPS) is 10.3. The fourth-order valence-electron chi connectivity index (χ4n) is 1.45. The molecule has 0 spiro atoms. The first kappa shape index (κ1) is 14.0. The second-order valence-electron chi connectivity index (χ2n) is 3.68. The maximum atomic E-state index is 13.7. The van der Waals surface area contributed by atoms with Gasteiger partial charge in [-0.2, -0.15) is 0 Å². The highest BCUT2D eigenvalue weighted by atomic mass is 79.9. The van der Waals surface area contributed by atoms with Gasteiger partial charge in [-0.25, -0.2) is 8.78 Å². The zero-order chi connectivity index (χ0) is 14.0. The summed E-state index contributed by atoms with van der Waals surface area (Å²) in [4.78, 5) is 11.9. The molecule has 0 heterocycles. The number of amides is 1. The predicted molar refractivity (Wildman–Crippen MR) is 73.5 cm³/mol. The second kappa shape index (κ2) is 5.67. The number of hydrogen-bond acceptors (Lipinski definition) is 1. The van der Waals surface area contributed by atoms with E-state index in [1.54, 1.807) is 6.07 Å². The molecule has 98 valence electrons. The van der Waals surface area contributed by atoms with E-state index in [4.69, 9.17) is 11.6 Å². The average Bonchev–Trinajstić information content (AvgIpc) is 2.37. The molecule has 0 aliphatic rings. The predicted octanol–water partition coefficient (Wildman–Crippen LogP) is 4.63. The van der Waals surface area contributed by atoms with Gasteiger partial charge in [-0.15, -0.1) is 0 Å². The van der Waals surface area contributed by atoms with Crippen LogP contribution < -0.4 is 5.32 Å². The van der Waals surface area contributed by atoms with E-state index in [2.05, 4.69) is 21.2 Å². The number of benzene rings is 2. The molecule has 2 aromatic carbocycles. The van der Waals surface area contributed by atoms with Crippen LogP contribution in [0.3, 0.4) is 0 Å². The van der Waals surface area contributed by atoms with Crippen molar-refractivity contribution in [2.24, 2.45) is 0 Å². The van der Waals surface area contributed by atoms with Gasteiger partial charge in [0.2, 0.25) is 0 Å². The van der Waals surface area contributed by atoms with Gasteiger partial charge in [-0.3, -0.25) is 4.79 Å². The zero-order valence-electron chi connectivity index (χ0n) is 9.38. The Hall–Kier alpha value is -1.46. The van der Waals surface area contributed by atoms with Gasteiger partial charge < -0.3 is 5.32 Å². The zero-order valence-corrected chi connectivity index (χ0v) is 11.7. The lowest BCUT2D eigenvalue weighted by Crippen LogP contribution is -2.14. The number of rotatable bonds is 2. The number of hydrogen-bond donors (Lipinski definition) is 1. The van der Waals surface area contributed by atoms with Crippen molar-refractivity contribution in [1.82, 2.24) is 0 Å². The van der Waals surface area contributed by atoms with Crippen molar-refractivity contribution in [3.63, 3.8) is 0 Å². The van der Waals surface area contributed by atoms with E-state index in [-0.39, 0.29) is 20.7 Å². The Morgan fingerprint density at radius 1 is 1.21 bits per heavy atom. The highest BCUT2D eigenvalue weighted by Gasteiger charge is 2.14. The molecule has 0 aliphatic carbocycles. The minimum Gasteiger partial charge on any atom is -0.322 e. The molecule has 2 nitrogen and oxygen atoms in total. The molecule has 0 saturated carbocycles. The minimum atomic E-state index is -0.659. The first-order chi connectivity index (χ1) is 8.99. The van der Waals surface area contributed by atoms with Gasteiger partial charge in [0.25, 0.3) is 5.91 Å². The Balaban J connectivity index is 2.26. The summed E-state index contributed by atoms with van der Waals surface area (Å²) < 4.78 is 26.9. The van der Waals surface area contributed by atoms with E-state index < -0.39 is 17.5 Å². The van der Waals surface area contributed by atoms with Crippen LogP contribution in [-0.2, 0) is 0 Å². The standard InChI is InChI=1S/C13H7BrClF2NO/c14-9-3-1-2-8(12(9)17)13(19)18-7-4-5-11(16)10(15)6-7/h1-6H,(H,18,19). The van der Waals surface area contributed by atoms with E-state index in [1.165, 1.54) is 24.3 Å². The van der Waals surface area contributed by atoms with Crippen molar-refractivity contribution in [2.45, 2.75) is 0 Å². The second-order valence-corrected chi connectivity index (χ2v) is 4.95. The van der Waals surface area contributed by atoms with E-state index in [0.717, 1.165) is 6.07 Å². The smallest absolute Gasteiger partial charge is 0.258 e. The quantitative estimate of drug-likeness (QED) is 0.844. The molecule has 0 radical (unpaired) electrons. The van der Waals surface area contributed by atoms with Crippen LogP contribution in [-0.4, -0.2) is 5.91 Å². The number of carbonyl (C=O) groups is 1. The highest BCUT2D eigenvalue weighted by molar-refractivity contribution is 9.10. The lowest BCUT2D eigenvalue weighted by molar-refractivity contribution is 0.102. The van der Waals surface area contributed by atoms with E-state index in [1.807, 2.05) is 0 Å². The molecule has 19 heavy (non-hydrogen) atoms. The molecule has 1 N–H and O–H groups in total. The third-order valence-corrected chi connectivity index (χ3v) is 3.28. The van der Waals surface area contributed by atoms with E-state index in [9.17, 15) is 13.6 Å². The monoisotopic (exact) mass is 345 g/mol. The van der Waals surface area contributed by atoms with Crippen molar-refractivity contribution in [2.75, 3.05) is 5.32 Å². The van der Waals surface area contributed by atoms with Crippen LogP contribution in [0.1, 0.15) is 10.4 Å². The molecule has 6 heteroatoms. The van der Waals surface area contributed by atoms with Gasteiger partial charge in [0.15, 0.2) is 0 Å². The third-order valence-electron chi connectivity index (χ3n) is 2.37. The Kier molecular flexibility index (Phi) is 4.17. The Morgan fingerprint density at radius 3 is 2.63 bits per heavy atom. The van der Waals surface area contributed by atoms with Crippen molar-refractivity contribution < 1.29 is 13.6 Å². The molecule has 0 atom stereocenters. The van der Waals surface area contributed by atoms with Gasteiger partial charge in [-0.05, 0) is 46.3 Å². The molecule has 0 fully saturated rings. The molecule has 2 aromatic rings. The van der Waals surface area contributed by atoms with Crippen LogP contribution in [0.5, 0.6) is 0 Å². The Morgan fingerprint density at radius 2 is 1.95 bits per heavy atom. The van der Waals surface area contributed by atoms with Crippen molar-refractivity contribution in [3.8, 4) is 0 Å². The molecular weight excluding hydrogens is 340 g/mol. The summed E-state index contributed by atoms with van der Waals surface area (Å²) in [7, 11) is 0. The van der Waals surface area contributed by atoms with Gasteiger partial charge in [-0.1, -0.05) is 17.7 Å². The van der Waals surface area contributed by atoms with Crippen LogP contribution in [0.4, 0.5) is 14.5 Å². The minimum absolute atomic E-state index is 0.116. The molecule has 0 unspecified atom stereocenters. The average molecular weight is 347 g/mol. The number of nitrogens with one attached hydrogen (secondary N) is 1. The fraction of sp³-hybridized carbons (Fsp3) is 0.